The van der Waals surface area contributed by atoms with Crippen molar-refractivity contribution in [1.29, 1.82) is 0 Å². The van der Waals surface area contributed by atoms with Crippen molar-refractivity contribution in [2.75, 3.05) is 40.0 Å². The standard InChI is InChI=1S/C12H19N3O4/c1-18-5-2-9-10(13-14-11(9)12(16)17)8-15-3-6-19-7-4-15/h2-8H2,1H3,(H,13,14)(H,16,17). The van der Waals surface area contributed by atoms with E-state index < -0.39 is 5.97 Å². The van der Waals surface area contributed by atoms with Crippen LogP contribution >= 0.6 is 0 Å². The quantitative estimate of drug-likeness (QED) is 0.763. The first-order valence-electron chi connectivity index (χ1n) is 6.31. The minimum Gasteiger partial charge on any atom is -0.476 e. The zero-order valence-electron chi connectivity index (χ0n) is 11.0. The summed E-state index contributed by atoms with van der Waals surface area (Å²) in [6, 6.07) is 0. The van der Waals surface area contributed by atoms with Gasteiger partial charge in [0.2, 0.25) is 0 Å². The number of methoxy groups -OCH3 is 1. The maximum Gasteiger partial charge on any atom is 0.356 e. The topological polar surface area (TPSA) is 87.7 Å². The SMILES string of the molecule is COCCc1c(C(=O)O)n[nH]c1CN1CCOCC1. The van der Waals surface area contributed by atoms with Gasteiger partial charge in [0.05, 0.1) is 25.5 Å². The largest absolute Gasteiger partial charge is 0.476 e. The van der Waals surface area contributed by atoms with Crippen LogP contribution in [0.5, 0.6) is 0 Å². The predicted molar refractivity (Wildman–Crippen MR) is 67.2 cm³/mol. The molecule has 1 fully saturated rings. The van der Waals surface area contributed by atoms with Crippen LogP contribution in [0.25, 0.3) is 0 Å². The van der Waals surface area contributed by atoms with Crippen LogP contribution in [0.15, 0.2) is 0 Å². The Morgan fingerprint density at radius 1 is 1.53 bits per heavy atom. The molecule has 106 valence electrons. The van der Waals surface area contributed by atoms with Crippen LogP contribution in [-0.2, 0) is 22.4 Å². The van der Waals surface area contributed by atoms with E-state index in [0.29, 0.717) is 32.8 Å². The summed E-state index contributed by atoms with van der Waals surface area (Å²) >= 11 is 0. The molecule has 1 aliphatic rings. The molecule has 0 unspecified atom stereocenters. The number of hydrogen-bond donors (Lipinski definition) is 2. The molecule has 2 heterocycles. The lowest BCUT2D eigenvalue weighted by molar-refractivity contribution is 0.0335. The first kappa shape index (κ1) is 14.0. The van der Waals surface area contributed by atoms with Crippen molar-refractivity contribution in [2.45, 2.75) is 13.0 Å². The van der Waals surface area contributed by atoms with Gasteiger partial charge in [-0.3, -0.25) is 10.00 Å². The van der Waals surface area contributed by atoms with Crippen LogP contribution in [0.1, 0.15) is 21.7 Å². The number of carbonyl (C=O) groups is 1. The zero-order valence-corrected chi connectivity index (χ0v) is 11.0. The molecule has 0 spiro atoms. The fraction of sp³-hybridized carbons (Fsp3) is 0.667. The fourth-order valence-corrected chi connectivity index (χ4v) is 2.17. The number of H-pyrrole nitrogens is 1. The van der Waals surface area contributed by atoms with Crippen LogP contribution in [-0.4, -0.2) is 66.2 Å². The number of aromatic amines is 1. The van der Waals surface area contributed by atoms with E-state index in [1.54, 1.807) is 7.11 Å². The van der Waals surface area contributed by atoms with Gasteiger partial charge in [-0.25, -0.2) is 4.79 Å². The van der Waals surface area contributed by atoms with Crippen molar-refractivity contribution in [3.63, 3.8) is 0 Å². The number of aromatic nitrogens is 2. The van der Waals surface area contributed by atoms with E-state index >= 15 is 0 Å². The zero-order chi connectivity index (χ0) is 13.7. The predicted octanol–water partition coefficient (Wildman–Crippen LogP) is 0.129. The Labute approximate surface area is 111 Å². The first-order chi connectivity index (χ1) is 9.22. The van der Waals surface area contributed by atoms with Gasteiger partial charge < -0.3 is 14.6 Å². The Hall–Kier alpha value is -1.44. The Morgan fingerprint density at radius 3 is 2.89 bits per heavy atom. The van der Waals surface area contributed by atoms with Crippen LogP contribution in [0.2, 0.25) is 0 Å². The van der Waals surface area contributed by atoms with Crippen molar-refractivity contribution in [2.24, 2.45) is 0 Å². The van der Waals surface area contributed by atoms with E-state index in [2.05, 4.69) is 15.1 Å². The maximum absolute atomic E-state index is 11.1. The monoisotopic (exact) mass is 269 g/mol. The molecule has 7 heteroatoms. The van der Waals surface area contributed by atoms with Gasteiger partial charge in [0.1, 0.15) is 0 Å². The normalized spacial score (nSPS) is 16.7. The molecule has 1 aromatic heterocycles. The van der Waals surface area contributed by atoms with Crippen LogP contribution in [0.3, 0.4) is 0 Å². The highest BCUT2D eigenvalue weighted by Gasteiger charge is 2.20. The van der Waals surface area contributed by atoms with Crippen molar-refractivity contribution in [1.82, 2.24) is 15.1 Å². The Kier molecular flexibility index (Phi) is 4.89. The molecule has 2 N–H and O–H groups in total. The number of morpholine rings is 1. The molecule has 0 aliphatic carbocycles. The van der Waals surface area contributed by atoms with E-state index in [1.165, 1.54) is 0 Å². The molecule has 0 atom stereocenters. The minimum absolute atomic E-state index is 0.0975. The summed E-state index contributed by atoms with van der Waals surface area (Å²) in [4.78, 5) is 13.4. The molecular formula is C12H19N3O4. The number of rotatable bonds is 6. The third kappa shape index (κ3) is 3.52. The second kappa shape index (κ2) is 6.65. The van der Waals surface area contributed by atoms with Crippen LogP contribution in [0, 0.1) is 0 Å². The number of nitrogens with zero attached hydrogens (tertiary/aromatic N) is 2. The first-order valence-corrected chi connectivity index (χ1v) is 6.31. The van der Waals surface area contributed by atoms with E-state index in [9.17, 15) is 4.79 Å². The molecular weight excluding hydrogens is 250 g/mol. The highest BCUT2D eigenvalue weighted by Crippen LogP contribution is 2.15. The van der Waals surface area contributed by atoms with Gasteiger partial charge in [0.15, 0.2) is 5.69 Å². The summed E-state index contributed by atoms with van der Waals surface area (Å²) < 4.78 is 10.3. The second-order valence-corrected chi connectivity index (χ2v) is 4.47. The van der Waals surface area contributed by atoms with E-state index in [1.807, 2.05) is 0 Å². The smallest absolute Gasteiger partial charge is 0.356 e. The second-order valence-electron chi connectivity index (χ2n) is 4.47. The maximum atomic E-state index is 11.1. The van der Waals surface area contributed by atoms with Crippen molar-refractivity contribution < 1.29 is 19.4 Å². The number of hydrogen-bond acceptors (Lipinski definition) is 5. The highest BCUT2D eigenvalue weighted by atomic mass is 16.5. The van der Waals surface area contributed by atoms with Gasteiger partial charge in [-0.1, -0.05) is 0 Å². The molecule has 7 nitrogen and oxygen atoms in total. The van der Waals surface area contributed by atoms with Crippen LogP contribution < -0.4 is 0 Å². The lowest BCUT2D eigenvalue weighted by Crippen LogP contribution is -2.36. The van der Waals surface area contributed by atoms with Gasteiger partial charge in [-0.05, 0) is 0 Å². The summed E-state index contributed by atoms with van der Waals surface area (Å²) in [6.45, 7) is 4.29. The molecule has 1 aromatic rings. The summed E-state index contributed by atoms with van der Waals surface area (Å²) in [5, 5.41) is 15.9. The van der Waals surface area contributed by atoms with Gasteiger partial charge in [0.25, 0.3) is 0 Å². The number of ether oxygens (including phenoxy) is 2. The molecule has 0 bridgehead atoms. The molecule has 19 heavy (non-hydrogen) atoms. The van der Waals surface area contributed by atoms with Gasteiger partial charge in [0, 0.05) is 38.7 Å². The molecule has 0 aromatic carbocycles. The molecule has 1 saturated heterocycles. The number of aromatic carboxylic acids is 1. The van der Waals surface area contributed by atoms with E-state index in [4.69, 9.17) is 14.6 Å². The molecule has 1 aliphatic heterocycles. The molecule has 0 saturated carbocycles. The van der Waals surface area contributed by atoms with Crippen LogP contribution in [0.4, 0.5) is 0 Å². The van der Waals surface area contributed by atoms with Gasteiger partial charge in [-0.15, -0.1) is 0 Å². The lowest BCUT2D eigenvalue weighted by Gasteiger charge is -2.26. The third-order valence-electron chi connectivity index (χ3n) is 3.20. The average molecular weight is 269 g/mol. The van der Waals surface area contributed by atoms with Crippen molar-refractivity contribution in [3.8, 4) is 0 Å². The Morgan fingerprint density at radius 2 is 2.26 bits per heavy atom. The van der Waals surface area contributed by atoms with Crippen molar-refractivity contribution >= 4 is 5.97 Å². The van der Waals surface area contributed by atoms with E-state index in [-0.39, 0.29) is 5.69 Å². The van der Waals surface area contributed by atoms with Gasteiger partial charge in [-0.2, -0.15) is 5.10 Å². The average Bonchev–Trinajstić information content (AvgIpc) is 2.80. The summed E-state index contributed by atoms with van der Waals surface area (Å²) in [7, 11) is 1.60. The summed E-state index contributed by atoms with van der Waals surface area (Å²) in [6.07, 6.45) is 0.550. The Bertz CT molecular complexity index is 427. The number of carboxylic acids is 1. The molecule has 0 radical (unpaired) electrons. The third-order valence-corrected chi connectivity index (χ3v) is 3.20. The minimum atomic E-state index is -1.00. The lowest BCUT2D eigenvalue weighted by atomic mass is 10.1. The molecule has 2 rings (SSSR count). The molecule has 0 amide bonds. The highest BCUT2D eigenvalue weighted by molar-refractivity contribution is 5.87. The summed E-state index contributed by atoms with van der Waals surface area (Å²) in [5.74, 6) is -1.00. The van der Waals surface area contributed by atoms with E-state index in [0.717, 1.165) is 24.3 Å². The summed E-state index contributed by atoms with van der Waals surface area (Å²) in [5.41, 5.74) is 1.69. The Balaban J connectivity index is 2.11. The number of nitrogens with one attached hydrogen (secondary N) is 1. The fourth-order valence-electron chi connectivity index (χ4n) is 2.17. The number of carboxylic acid groups (broad SMARTS) is 1. The van der Waals surface area contributed by atoms with Gasteiger partial charge >= 0.3 is 5.97 Å². The van der Waals surface area contributed by atoms with Crippen molar-refractivity contribution in [3.05, 3.63) is 17.0 Å².